The Labute approximate surface area is 117 Å². The number of aromatic nitrogens is 3. The van der Waals surface area contributed by atoms with E-state index in [-0.39, 0.29) is 0 Å². The summed E-state index contributed by atoms with van der Waals surface area (Å²) < 4.78 is 5.46. The van der Waals surface area contributed by atoms with Crippen molar-refractivity contribution in [3.63, 3.8) is 0 Å². The molecule has 0 fully saturated rings. The molecule has 0 amide bonds. The van der Waals surface area contributed by atoms with Gasteiger partial charge in [0.25, 0.3) is 0 Å². The summed E-state index contributed by atoms with van der Waals surface area (Å²) in [6.45, 7) is 1.95. The SMILES string of the molecule is COc1c(-c2ccc(-c3cn[nH]c3)cc2)ccnc1C. The van der Waals surface area contributed by atoms with E-state index in [0.29, 0.717) is 0 Å². The van der Waals surface area contributed by atoms with Crippen LogP contribution in [0.25, 0.3) is 22.3 Å². The number of ether oxygens (including phenoxy) is 1. The minimum absolute atomic E-state index is 0.823. The van der Waals surface area contributed by atoms with Crippen molar-refractivity contribution in [3.05, 3.63) is 54.6 Å². The van der Waals surface area contributed by atoms with Crippen molar-refractivity contribution in [3.8, 4) is 28.0 Å². The monoisotopic (exact) mass is 265 g/mol. The number of nitrogens with one attached hydrogen (secondary N) is 1. The first kappa shape index (κ1) is 12.4. The molecule has 0 radical (unpaired) electrons. The fourth-order valence-corrected chi connectivity index (χ4v) is 2.29. The summed E-state index contributed by atoms with van der Waals surface area (Å²) in [5, 5.41) is 6.79. The summed E-state index contributed by atoms with van der Waals surface area (Å²) in [6.07, 6.45) is 5.50. The normalized spacial score (nSPS) is 10.5. The maximum atomic E-state index is 5.46. The van der Waals surface area contributed by atoms with E-state index in [1.165, 1.54) is 0 Å². The molecule has 2 aromatic heterocycles. The van der Waals surface area contributed by atoms with Crippen molar-refractivity contribution in [1.29, 1.82) is 0 Å². The third kappa shape index (κ3) is 2.16. The standard InChI is InChI=1S/C16H15N3O/c1-11-16(20-2)15(7-8-17-11)13-5-3-12(4-6-13)14-9-18-19-10-14/h3-10H,1-2H3,(H,18,19). The predicted molar refractivity (Wildman–Crippen MR) is 78.5 cm³/mol. The number of hydrogen-bond acceptors (Lipinski definition) is 3. The predicted octanol–water partition coefficient (Wildman–Crippen LogP) is 3.46. The lowest BCUT2D eigenvalue weighted by atomic mass is 10.0. The number of hydrogen-bond donors (Lipinski definition) is 1. The van der Waals surface area contributed by atoms with Gasteiger partial charge >= 0.3 is 0 Å². The topological polar surface area (TPSA) is 50.8 Å². The van der Waals surface area contributed by atoms with Gasteiger partial charge in [0.2, 0.25) is 0 Å². The molecule has 0 aliphatic rings. The lowest BCUT2D eigenvalue weighted by molar-refractivity contribution is 0.411. The van der Waals surface area contributed by atoms with Crippen LogP contribution < -0.4 is 4.74 Å². The minimum atomic E-state index is 0.823. The second kappa shape index (κ2) is 5.17. The van der Waals surface area contributed by atoms with Gasteiger partial charge in [-0.25, -0.2) is 0 Å². The zero-order valence-corrected chi connectivity index (χ0v) is 11.4. The Balaban J connectivity index is 2.02. The smallest absolute Gasteiger partial charge is 0.147 e. The van der Waals surface area contributed by atoms with Gasteiger partial charge < -0.3 is 4.74 Å². The Kier molecular flexibility index (Phi) is 3.21. The molecule has 1 aromatic carbocycles. The first-order chi connectivity index (χ1) is 9.79. The second-order valence-corrected chi connectivity index (χ2v) is 4.54. The summed E-state index contributed by atoms with van der Waals surface area (Å²) in [4.78, 5) is 4.26. The molecular weight excluding hydrogens is 250 g/mol. The number of aryl methyl sites for hydroxylation is 1. The lowest BCUT2D eigenvalue weighted by Crippen LogP contribution is -1.93. The molecule has 0 spiro atoms. The third-order valence-electron chi connectivity index (χ3n) is 3.31. The Morgan fingerprint density at radius 3 is 2.40 bits per heavy atom. The van der Waals surface area contributed by atoms with Gasteiger partial charge in [0.15, 0.2) is 0 Å². The van der Waals surface area contributed by atoms with E-state index in [4.69, 9.17) is 4.74 Å². The van der Waals surface area contributed by atoms with Crippen LogP contribution in [0.5, 0.6) is 5.75 Å². The van der Waals surface area contributed by atoms with Gasteiger partial charge in [-0.2, -0.15) is 5.10 Å². The third-order valence-corrected chi connectivity index (χ3v) is 3.31. The van der Waals surface area contributed by atoms with Crippen LogP contribution in [0.15, 0.2) is 48.9 Å². The molecule has 0 atom stereocenters. The summed E-state index contributed by atoms with van der Waals surface area (Å²) in [5.41, 5.74) is 5.27. The highest BCUT2D eigenvalue weighted by molar-refractivity contribution is 5.74. The van der Waals surface area contributed by atoms with Crippen LogP contribution in [-0.2, 0) is 0 Å². The molecule has 0 unspecified atom stereocenters. The fourth-order valence-electron chi connectivity index (χ4n) is 2.29. The number of rotatable bonds is 3. The number of pyridine rings is 1. The molecule has 0 aliphatic heterocycles. The van der Waals surface area contributed by atoms with Crippen LogP contribution in [0, 0.1) is 6.92 Å². The fraction of sp³-hybridized carbons (Fsp3) is 0.125. The molecule has 0 saturated carbocycles. The molecule has 1 N–H and O–H groups in total. The van der Waals surface area contributed by atoms with Crippen LogP contribution in [-0.4, -0.2) is 22.3 Å². The van der Waals surface area contributed by atoms with Crippen molar-refractivity contribution < 1.29 is 4.74 Å². The van der Waals surface area contributed by atoms with Crippen molar-refractivity contribution in [2.45, 2.75) is 6.92 Å². The Bertz CT molecular complexity index is 703. The number of aromatic amines is 1. The maximum absolute atomic E-state index is 5.46. The van der Waals surface area contributed by atoms with Crippen molar-refractivity contribution in [2.75, 3.05) is 7.11 Å². The van der Waals surface area contributed by atoms with Crippen LogP contribution in [0.2, 0.25) is 0 Å². The van der Waals surface area contributed by atoms with Gasteiger partial charge in [0.1, 0.15) is 5.75 Å². The van der Waals surface area contributed by atoms with Gasteiger partial charge in [-0.05, 0) is 24.1 Å². The molecule has 0 saturated heterocycles. The van der Waals surface area contributed by atoms with Gasteiger partial charge in [0, 0.05) is 23.5 Å². The van der Waals surface area contributed by atoms with Crippen LogP contribution in [0.1, 0.15) is 5.69 Å². The molecule has 4 heteroatoms. The van der Waals surface area contributed by atoms with Crippen molar-refractivity contribution in [1.82, 2.24) is 15.2 Å². The zero-order valence-electron chi connectivity index (χ0n) is 11.4. The highest BCUT2D eigenvalue weighted by Crippen LogP contribution is 2.32. The molecule has 2 heterocycles. The van der Waals surface area contributed by atoms with E-state index >= 15 is 0 Å². The van der Waals surface area contributed by atoms with E-state index < -0.39 is 0 Å². The molecule has 4 nitrogen and oxygen atoms in total. The lowest BCUT2D eigenvalue weighted by Gasteiger charge is -2.11. The summed E-state index contributed by atoms with van der Waals surface area (Å²) >= 11 is 0. The quantitative estimate of drug-likeness (QED) is 0.789. The first-order valence-electron chi connectivity index (χ1n) is 6.39. The molecule has 3 rings (SSSR count). The van der Waals surface area contributed by atoms with E-state index in [1.54, 1.807) is 13.3 Å². The van der Waals surface area contributed by atoms with Gasteiger partial charge in [-0.3, -0.25) is 10.1 Å². The molecule has 0 aliphatic carbocycles. The summed E-state index contributed by atoms with van der Waals surface area (Å²) in [5.74, 6) is 0.823. The molecule has 0 bridgehead atoms. The van der Waals surface area contributed by atoms with Gasteiger partial charge in [-0.1, -0.05) is 24.3 Å². The van der Waals surface area contributed by atoms with Gasteiger partial charge in [0.05, 0.1) is 19.0 Å². The highest BCUT2D eigenvalue weighted by atomic mass is 16.5. The number of nitrogens with zero attached hydrogens (tertiary/aromatic N) is 2. The number of benzene rings is 1. The molecule has 100 valence electrons. The molecule has 20 heavy (non-hydrogen) atoms. The number of methoxy groups -OCH3 is 1. The minimum Gasteiger partial charge on any atom is -0.494 e. The van der Waals surface area contributed by atoms with E-state index in [9.17, 15) is 0 Å². The zero-order chi connectivity index (χ0) is 13.9. The maximum Gasteiger partial charge on any atom is 0.147 e. The van der Waals surface area contributed by atoms with Crippen LogP contribution >= 0.6 is 0 Å². The van der Waals surface area contributed by atoms with E-state index in [1.807, 2.05) is 25.4 Å². The Morgan fingerprint density at radius 2 is 1.75 bits per heavy atom. The van der Waals surface area contributed by atoms with Crippen molar-refractivity contribution in [2.24, 2.45) is 0 Å². The van der Waals surface area contributed by atoms with E-state index in [2.05, 4.69) is 39.4 Å². The largest absolute Gasteiger partial charge is 0.494 e. The molecule has 3 aromatic rings. The average Bonchev–Trinajstić information content (AvgIpc) is 3.01. The summed E-state index contributed by atoms with van der Waals surface area (Å²) in [7, 11) is 1.67. The Hall–Kier alpha value is -2.62. The Morgan fingerprint density at radius 1 is 1.00 bits per heavy atom. The average molecular weight is 265 g/mol. The molecular formula is C16H15N3O. The van der Waals surface area contributed by atoms with Crippen LogP contribution in [0.4, 0.5) is 0 Å². The first-order valence-corrected chi connectivity index (χ1v) is 6.39. The van der Waals surface area contributed by atoms with E-state index in [0.717, 1.165) is 33.7 Å². The summed E-state index contributed by atoms with van der Waals surface area (Å²) in [6, 6.07) is 10.3. The van der Waals surface area contributed by atoms with Crippen molar-refractivity contribution >= 4 is 0 Å². The highest BCUT2D eigenvalue weighted by Gasteiger charge is 2.09. The van der Waals surface area contributed by atoms with Gasteiger partial charge in [-0.15, -0.1) is 0 Å². The van der Waals surface area contributed by atoms with Crippen LogP contribution in [0.3, 0.4) is 0 Å². The second-order valence-electron chi connectivity index (χ2n) is 4.54. The number of H-pyrrole nitrogens is 1.